The van der Waals surface area contributed by atoms with Crippen LogP contribution in [-0.2, 0) is 0 Å². The lowest BCUT2D eigenvalue weighted by Gasteiger charge is -2.35. The molecule has 1 aliphatic heterocycles. The highest BCUT2D eigenvalue weighted by Gasteiger charge is 2.27. The lowest BCUT2D eigenvalue weighted by molar-refractivity contribution is 0.0740. The molecule has 0 bridgehead atoms. The summed E-state index contributed by atoms with van der Waals surface area (Å²) in [5.41, 5.74) is 1.11. The van der Waals surface area contributed by atoms with E-state index in [4.69, 9.17) is 4.74 Å². The van der Waals surface area contributed by atoms with Gasteiger partial charge in [0.1, 0.15) is 11.6 Å². The maximum Gasteiger partial charge on any atom is 0.257 e. The summed E-state index contributed by atoms with van der Waals surface area (Å²) in [5, 5.41) is 3.23. The van der Waals surface area contributed by atoms with Crippen LogP contribution < -0.4 is 15.0 Å². The van der Waals surface area contributed by atoms with Crippen LogP contribution in [-0.4, -0.2) is 54.1 Å². The maximum absolute atomic E-state index is 14.0. The van der Waals surface area contributed by atoms with Crippen LogP contribution in [0.1, 0.15) is 16.1 Å². The zero-order chi connectivity index (χ0) is 23.5. The second-order valence-corrected chi connectivity index (χ2v) is 7.55. The summed E-state index contributed by atoms with van der Waals surface area (Å²) < 4.78 is 45.9. The number of rotatable bonds is 5. The zero-order valence-corrected chi connectivity index (χ0v) is 18.1. The van der Waals surface area contributed by atoms with Crippen molar-refractivity contribution >= 4 is 23.4 Å². The van der Waals surface area contributed by atoms with Gasteiger partial charge in [-0.25, -0.2) is 18.2 Å². The zero-order valence-electron chi connectivity index (χ0n) is 18.1. The van der Waals surface area contributed by atoms with E-state index < -0.39 is 28.9 Å². The van der Waals surface area contributed by atoms with Crippen LogP contribution in [0.5, 0.6) is 5.75 Å². The second-order valence-electron chi connectivity index (χ2n) is 7.55. The Morgan fingerprint density at radius 2 is 1.67 bits per heavy atom. The number of ether oxygens (including phenoxy) is 1. The van der Waals surface area contributed by atoms with Gasteiger partial charge in [-0.05, 0) is 43.3 Å². The minimum Gasteiger partial charge on any atom is -0.497 e. The maximum atomic E-state index is 14.0. The molecule has 0 radical (unpaired) electrons. The number of aromatic nitrogens is 2. The number of carbonyl (C=O) groups is 1. The van der Waals surface area contributed by atoms with E-state index in [0.717, 1.165) is 29.3 Å². The van der Waals surface area contributed by atoms with E-state index in [1.807, 2.05) is 42.2 Å². The lowest BCUT2D eigenvalue weighted by Crippen LogP contribution is -2.49. The van der Waals surface area contributed by atoms with E-state index in [0.29, 0.717) is 24.9 Å². The minimum atomic E-state index is -1.65. The molecule has 1 N–H and O–H groups in total. The molecule has 1 saturated heterocycles. The Labute approximate surface area is 188 Å². The van der Waals surface area contributed by atoms with Gasteiger partial charge in [-0.1, -0.05) is 0 Å². The molecule has 3 aromatic rings. The monoisotopic (exact) mass is 457 g/mol. The van der Waals surface area contributed by atoms with E-state index in [1.165, 1.54) is 4.90 Å². The fourth-order valence-electron chi connectivity index (χ4n) is 3.55. The van der Waals surface area contributed by atoms with Crippen LogP contribution in [0.15, 0.2) is 42.5 Å². The third kappa shape index (κ3) is 4.84. The number of hydrogen-bond donors (Lipinski definition) is 1. The van der Waals surface area contributed by atoms with Gasteiger partial charge < -0.3 is 19.9 Å². The van der Waals surface area contributed by atoms with E-state index in [1.54, 1.807) is 7.11 Å². The molecule has 10 heteroatoms. The van der Waals surface area contributed by atoms with Crippen molar-refractivity contribution in [3.63, 3.8) is 0 Å². The molecule has 0 saturated carbocycles. The molecule has 1 aromatic heterocycles. The summed E-state index contributed by atoms with van der Waals surface area (Å²) in [6, 6.07) is 10.9. The van der Waals surface area contributed by atoms with Crippen LogP contribution in [0.2, 0.25) is 0 Å². The molecule has 1 aliphatic rings. The van der Waals surface area contributed by atoms with Crippen LogP contribution in [0.25, 0.3) is 0 Å². The minimum absolute atomic E-state index is 0.260. The van der Waals surface area contributed by atoms with Crippen molar-refractivity contribution in [1.29, 1.82) is 0 Å². The normalized spacial score (nSPS) is 13.7. The Kier molecular flexibility index (Phi) is 6.34. The third-order valence-electron chi connectivity index (χ3n) is 5.32. The first-order valence-electron chi connectivity index (χ1n) is 10.3. The first-order valence-corrected chi connectivity index (χ1v) is 10.3. The molecule has 2 aromatic carbocycles. The van der Waals surface area contributed by atoms with Gasteiger partial charge >= 0.3 is 0 Å². The number of nitrogens with zero attached hydrogens (tertiary/aromatic N) is 4. The molecule has 0 aliphatic carbocycles. The van der Waals surface area contributed by atoms with E-state index in [9.17, 15) is 18.0 Å². The van der Waals surface area contributed by atoms with Gasteiger partial charge in [-0.2, -0.15) is 4.98 Å². The van der Waals surface area contributed by atoms with Crippen molar-refractivity contribution < 1.29 is 22.7 Å². The van der Waals surface area contributed by atoms with Crippen LogP contribution in [0.4, 0.5) is 30.6 Å². The van der Waals surface area contributed by atoms with Gasteiger partial charge in [0.25, 0.3) is 5.91 Å². The Morgan fingerprint density at radius 3 is 2.33 bits per heavy atom. The third-order valence-corrected chi connectivity index (χ3v) is 5.32. The fourth-order valence-corrected chi connectivity index (χ4v) is 3.55. The lowest BCUT2D eigenvalue weighted by atomic mass is 10.1. The van der Waals surface area contributed by atoms with Gasteiger partial charge in [0.2, 0.25) is 5.95 Å². The Balaban J connectivity index is 1.44. The van der Waals surface area contributed by atoms with E-state index in [-0.39, 0.29) is 13.1 Å². The number of anilines is 3. The Bertz CT molecular complexity index is 1170. The number of hydrogen-bond acceptors (Lipinski definition) is 6. The molecule has 0 spiro atoms. The van der Waals surface area contributed by atoms with Crippen molar-refractivity contribution in [3.05, 3.63) is 71.2 Å². The summed E-state index contributed by atoms with van der Waals surface area (Å²) >= 11 is 0. The predicted molar refractivity (Wildman–Crippen MR) is 117 cm³/mol. The van der Waals surface area contributed by atoms with E-state index >= 15 is 0 Å². The predicted octanol–water partition coefficient (Wildman–Crippen LogP) is 3.92. The molecule has 4 rings (SSSR count). The topological polar surface area (TPSA) is 70.6 Å². The molecule has 33 heavy (non-hydrogen) atoms. The molecule has 2 heterocycles. The standard InChI is InChI=1S/C23H22F3N5O2/c1-14-13-19(28-15-3-5-16(33-2)6-4-15)29-23(27-14)31-11-9-30(10-12-31)22(32)17-7-8-18(24)21(26)20(17)25/h3-8,13H,9-12H2,1-2H3,(H,27,28,29). The summed E-state index contributed by atoms with van der Waals surface area (Å²) in [4.78, 5) is 25.0. The number of methoxy groups -OCH3 is 1. The van der Waals surface area contributed by atoms with Crippen molar-refractivity contribution in [2.75, 3.05) is 43.5 Å². The number of amides is 1. The van der Waals surface area contributed by atoms with Crippen molar-refractivity contribution in [1.82, 2.24) is 14.9 Å². The average Bonchev–Trinajstić information content (AvgIpc) is 2.82. The highest BCUT2D eigenvalue weighted by atomic mass is 19.2. The van der Waals surface area contributed by atoms with Crippen LogP contribution in [0.3, 0.4) is 0 Å². The fraction of sp³-hybridized carbons (Fsp3) is 0.261. The van der Waals surface area contributed by atoms with Gasteiger partial charge in [-0.15, -0.1) is 0 Å². The molecule has 1 amide bonds. The first-order chi connectivity index (χ1) is 15.9. The molecular formula is C23H22F3N5O2. The summed E-state index contributed by atoms with van der Waals surface area (Å²) in [6.45, 7) is 3.19. The molecule has 1 fully saturated rings. The van der Waals surface area contributed by atoms with Gasteiger partial charge in [0, 0.05) is 43.6 Å². The van der Waals surface area contributed by atoms with Crippen LogP contribution in [0, 0.1) is 24.4 Å². The van der Waals surface area contributed by atoms with Gasteiger partial charge in [0.15, 0.2) is 17.5 Å². The first kappa shape index (κ1) is 22.4. The molecule has 0 unspecified atom stereocenters. The quantitative estimate of drug-likeness (QED) is 0.586. The highest BCUT2D eigenvalue weighted by Crippen LogP contribution is 2.22. The number of benzene rings is 2. The highest BCUT2D eigenvalue weighted by molar-refractivity contribution is 5.94. The molecule has 7 nitrogen and oxygen atoms in total. The van der Waals surface area contributed by atoms with Crippen molar-refractivity contribution in [2.45, 2.75) is 6.92 Å². The smallest absolute Gasteiger partial charge is 0.257 e. The average molecular weight is 457 g/mol. The summed E-state index contributed by atoms with van der Waals surface area (Å²) in [6.07, 6.45) is 0. The molecular weight excluding hydrogens is 435 g/mol. The van der Waals surface area contributed by atoms with Crippen molar-refractivity contribution in [2.24, 2.45) is 0 Å². The van der Waals surface area contributed by atoms with Gasteiger partial charge in [0.05, 0.1) is 12.7 Å². The van der Waals surface area contributed by atoms with Crippen molar-refractivity contribution in [3.8, 4) is 5.75 Å². The molecule has 172 valence electrons. The summed E-state index contributed by atoms with van der Waals surface area (Å²) in [7, 11) is 1.60. The largest absolute Gasteiger partial charge is 0.497 e. The second kappa shape index (κ2) is 9.35. The Hall–Kier alpha value is -3.82. The SMILES string of the molecule is COc1ccc(Nc2cc(C)nc(N3CCN(C(=O)c4ccc(F)c(F)c4F)CC3)n2)cc1. The van der Waals surface area contributed by atoms with Crippen LogP contribution >= 0.6 is 0 Å². The number of nitrogens with one attached hydrogen (secondary N) is 1. The Morgan fingerprint density at radius 1 is 0.970 bits per heavy atom. The molecule has 0 atom stereocenters. The number of halogens is 3. The number of piperazine rings is 1. The number of aryl methyl sites for hydroxylation is 1. The van der Waals surface area contributed by atoms with Gasteiger partial charge in [-0.3, -0.25) is 4.79 Å². The van der Waals surface area contributed by atoms with E-state index in [2.05, 4.69) is 15.3 Å². The summed E-state index contributed by atoms with van der Waals surface area (Å²) in [5.74, 6) is -3.27. The number of carbonyl (C=O) groups excluding carboxylic acids is 1.